The molecule has 8 nitrogen and oxygen atoms in total. The molecule has 0 saturated carbocycles. The summed E-state index contributed by atoms with van der Waals surface area (Å²) in [5, 5.41) is 24.2. The molecule has 8 heteroatoms. The van der Waals surface area contributed by atoms with Gasteiger partial charge in [-0.1, -0.05) is 24.3 Å². The molecule has 6 rings (SSSR count). The Bertz CT molecular complexity index is 1660. The second-order valence-electron chi connectivity index (χ2n) is 11.4. The van der Waals surface area contributed by atoms with Crippen LogP contribution in [-0.2, 0) is 0 Å². The number of aromatic nitrogens is 2. The fourth-order valence-corrected chi connectivity index (χ4v) is 6.49. The molecule has 2 aliphatic heterocycles. The molecule has 2 fully saturated rings. The Hall–Kier alpha value is -4.56. The van der Waals surface area contributed by atoms with Crippen molar-refractivity contribution in [2.24, 2.45) is 0 Å². The molecule has 2 aromatic carbocycles. The lowest BCUT2D eigenvalue weighted by molar-refractivity contribution is 0.373. The first-order valence-corrected chi connectivity index (χ1v) is 13.9. The molecule has 0 N–H and O–H groups in total. The van der Waals surface area contributed by atoms with Gasteiger partial charge in [-0.05, 0) is 65.4 Å². The van der Waals surface area contributed by atoms with Crippen molar-refractivity contribution in [3.63, 3.8) is 0 Å². The van der Waals surface area contributed by atoms with Crippen molar-refractivity contribution in [3.8, 4) is 12.4 Å². The van der Waals surface area contributed by atoms with Crippen LogP contribution in [0.4, 0.5) is 11.6 Å². The van der Waals surface area contributed by atoms with Gasteiger partial charge >= 0.3 is 0 Å². The van der Waals surface area contributed by atoms with Gasteiger partial charge in [0, 0.05) is 69.9 Å². The summed E-state index contributed by atoms with van der Waals surface area (Å²) < 4.78 is 0. The molecule has 3 atom stereocenters. The number of nitriles is 2. The van der Waals surface area contributed by atoms with Gasteiger partial charge < -0.3 is 19.6 Å². The summed E-state index contributed by atoms with van der Waals surface area (Å²) in [7, 11) is 8.06. The highest BCUT2D eigenvalue weighted by atomic mass is 15.2. The standard InChI is InChI=1S/C32H34N8/c1-37(2)31-26-9-8-23(14-21(26)11-12-35-31)30-17-25(18-40(30)20-34)28-16-24-15-22(29-6-5-13-39(29)19-33)7-10-27(24)32(36-28)38(3)4/h7-12,14-16,25,29-30H,5-6,13,17-18H2,1-4H3/t25?,29-,30+/m1/s1. The molecule has 4 heterocycles. The number of nitrogens with zero attached hydrogens (tertiary/aromatic N) is 8. The molecule has 2 saturated heterocycles. The molecular formula is C32H34N8. The normalized spacial score (nSPS) is 20.6. The number of hydrogen-bond acceptors (Lipinski definition) is 8. The smallest absolute Gasteiger partial charge is 0.179 e. The maximum atomic E-state index is 10.1. The highest BCUT2D eigenvalue weighted by Crippen LogP contribution is 2.42. The topological polar surface area (TPSA) is 86.3 Å². The molecule has 0 spiro atoms. The third-order valence-corrected chi connectivity index (χ3v) is 8.47. The van der Waals surface area contributed by atoms with Gasteiger partial charge in [0.15, 0.2) is 12.4 Å². The van der Waals surface area contributed by atoms with Gasteiger partial charge in [-0.15, -0.1) is 0 Å². The first-order chi connectivity index (χ1) is 19.4. The van der Waals surface area contributed by atoms with Crippen molar-refractivity contribution in [2.75, 3.05) is 51.1 Å². The molecule has 1 unspecified atom stereocenters. The Morgan fingerprint density at radius 2 is 1.48 bits per heavy atom. The number of benzene rings is 2. The predicted molar refractivity (Wildman–Crippen MR) is 159 cm³/mol. The summed E-state index contributed by atoms with van der Waals surface area (Å²) in [6, 6.07) is 17.4. The summed E-state index contributed by atoms with van der Waals surface area (Å²) in [4.78, 5) is 17.6. The second-order valence-corrected chi connectivity index (χ2v) is 11.4. The molecule has 2 aliphatic rings. The third-order valence-electron chi connectivity index (χ3n) is 8.47. The van der Waals surface area contributed by atoms with E-state index < -0.39 is 0 Å². The van der Waals surface area contributed by atoms with Crippen molar-refractivity contribution >= 4 is 33.2 Å². The van der Waals surface area contributed by atoms with E-state index in [2.05, 4.69) is 64.7 Å². The number of anilines is 2. The minimum atomic E-state index is -0.00955. The summed E-state index contributed by atoms with van der Waals surface area (Å²) in [5.74, 6) is 2.00. The summed E-state index contributed by atoms with van der Waals surface area (Å²) >= 11 is 0. The molecular weight excluding hydrogens is 496 g/mol. The van der Waals surface area contributed by atoms with Gasteiger partial charge in [0.25, 0.3) is 0 Å². The van der Waals surface area contributed by atoms with E-state index in [1.807, 2.05) is 55.2 Å². The van der Waals surface area contributed by atoms with Crippen LogP contribution in [0.25, 0.3) is 21.5 Å². The highest BCUT2D eigenvalue weighted by Gasteiger charge is 2.35. The lowest BCUT2D eigenvalue weighted by Gasteiger charge is -2.21. The second kappa shape index (κ2) is 10.2. The number of rotatable bonds is 5. The van der Waals surface area contributed by atoms with Crippen LogP contribution in [0.2, 0.25) is 0 Å². The van der Waals surface area contributed by atoms with Crippen molar-refractivity contribution in [3.05, 3.63) is 71.5 Å². The predicted octanol–water partition coefficient (Wildman–Crippen LogP) is 5.54. The number of likely N-dealkylation sites (tertiary alicyclic amines) is 2. The molecule has 0 aliphatic carbocycles. The molecule has 0 amide bonds. The van der Waals surface area contributed by atoms with E-state index in [4.69, 9.17) is 4.98 Å². The lowest BCUT2D eigenvalue weighted by atomic mass is 9.94. The Morgan fingerprint density at radius 3 is 2.17 bits per heavy atom. The van der Waals surface area contributed by atoms with Crippen molar-refractivity contribution < 1.29 is 0 Å². The molecule has 2 aromatic heterocycles. The monoisotopic (exact) mass is 530 g/mol. The van der Waals surface area contributed by atoms with Crippen LogP contribution < -0.4 is 9.80 Å². The van der Waals surface area contributed by atoms with E-state index in [1.165, 1.54) is 5.56 Å². The van der Waals surface area contributed by atoms with Crippen LogP contribution in [0.3, 0.4) is 0 Å². The zero-order valence-electron chi connectivity index (χ0n) is 23.5. The maximum absolute atomic E-state index is 10.1. The van der Waals surface area contributed by atoms with Crippen LogP contribution in [0.5, 0.6) is 0 Å². The summed E-state index contributed by atoms with van der Waals surface area (Å²) in [5.41, 5.74) is 3.33. The largest absolute Gasteiger partial charge is 0.362 e. The summed E-state index contributed by atoms with van der Waals surface area (Å²) in [6.07, 6.45) is 9.53. The van der Waals surface area contributed by atoms with Crippen molar-refractivity contribution in [1.29, 1.82) is 10.5 Å². The zero-order chi connectivity index (χ0) is 28.0. The van der Waals surface area contributed by atoms with Crippen LogP contribution in [0.1, 0.15) is 54.1 Å². The highest BCUT2D eigenvalue weighted by molar-refractivity contribution is 5.93. The van der Waals surface area contributed by atoms with Gasteiger partial charge in [-0.25, -0.2) is 9.97 Å². The van der Waals surface area contributed by atoms with Crippen LogP contribution in [0.15, 0.2) is 54.7 Å². The fraction of sp³-hybridized carbons (Fsp3) is 0.375. The Labute approximate surface area is 235 Å². The average Bonchev–Trinajstić information content (AvgIpc) is 3.63. The van der Waals surface area contributed by atoms with E-state index >= 15 is 0 Å². The minimum absolute atomic E-state index is 0.00955. The van der Waals surface area contributed by atoms with E-state index in [0.29, 0.717) is 6.54 Å². The SMILES string of the molecule is CN(C)c1nccc2cc([C@@H]3CC(c4cc5cc([C@H]6CCCN6C#N)ccc5c(N(C)C)n4)CN3C#N)ccc12. The maximum Gasteiger partial charge on any atom is 0.179 e. The molecule has 40 heavy (non-hydrogen) atoms. The van der Waals surface area contributed by atoms with Crippen LogP contribution >= 0.6 is 0 Å². The first kappa shape index (κ1) is 25.7. The van der Waals surface area contributed by atoms with E-state index in [-0.39, 0.29) is 18.0 Å². The van der Waals surface area contributed by atoms with Crippen LogP contribution in [0, 0.1) is 22.9 Å². The van der Waals surface area contributed by atoms with Gasteiger partial charge in [0.2, 0.25) is 0 Å². The van der Waals surface area contributed by atoms with Crippen molar-refractivity contribution in [1.82, 2.24) is 19.8 Å². The quantitative estimate of drug-likeness (QED) is 0.311. The Kier molecular flexibility index (Phi) is 6.56. The molecule has 0 radical (unpaired) electrons. The number of pyridine rings is 2. The number of hydrogen-bond donors (Lipinski definition) is 0. The van der Waals surface area contributed by atoms with Crippen LogP contribution in [-0.4, -0.2) is 61.0 Å². The van der Waals surface area contributed by atoms with Crippen molar-refractivity contribution in [2.45, 2.75) is 37.3 Å². The Balaban J connectivity index is 1.36. The van der Waals surface area contributed by atoms with E-state index in [1.54, 1.807) is 0 Å². The van der Waals surface area contributed by atoms with Gasteiger partial charge in [0.1, 0.15) is 11.6 Å². The van der Waals surface area contributed by atoms with E-state index in [0.717, 1.165) is 70.2 Å². The Morgan fingerprint density at radius 1 is 0.800 bits per heavy atom. The molecule has 0 bridgehead atoms. The third kappa shape index (κ3) is 4.40. The summed E-state index contributed by atoms with van der Waals surface area (Å²) in [6.45, 7) is 1.45. The minimum Gasteiger partial charge on any atom is -0.362 e. The number of fused-ring (bicyclic) bond motifs is 2. The zero-order valence-corrected chi connectivity index (χ0v) is 23.5. The van der Waals surface area contributed by atoms with Gasteiger partial charge in [-0.2, -0.15) is 10.5 Å². The van der Waals surface area contributed by atoms with E-state index in [9.17, 15) is 10.5 Å². The van der Waals surface area contributed by atoms with Gasteiger partial charge in [-0.3, -0.25) is 0 Å². The fourth-order valence-electron chi connectivity index (χ4n) is 6.49. The first-order valence-electron chi connectivity index (χ1n) is 13.9. The lowest BCUT2D eigenvalue weighted by Crippen LogP contribution is -2.18. The molecule has 202 valence electrons. The average molecular weight is 531 g/mol. The van der Waals surface area contributed by atoms with Gasteiger partial charge in [0.05, 0.1) is 12.1 Å². The molecule has 4 aromatic rings.